The van der Waals surface area contributed by atoms with Crippen LogP contribution in [0.25, 0.3) is 0 Å². The number of amides is 1. The van der Waals surface area contributed by atoms with Crippen LogP contribution in [0.15, 0.2) is 12.3 Å². The van der Waals surface area contributed by atoms with E-state index in [0.29, 0.717) is 10.7 Å². The van der Waals surface area contributed by atoms with Crippen LogP contribution in [0, 0.1) is 0 Å². The minimum atomic E-state index is -0.112. The molecule has 0 atom stereocenters. The molecular formula is C12H19Cl2N3O. The van der Waals surface area contributed by atoms with Gasteiger partial charge in [0.25, 0.3) is 5.91 Å². The van der Waals surface area contributed by atoms with E-state index in [1.807, 2.05) is 7.05 Å². The number of carbonyl (C=O) groups excluding carboxylic acids is 1. The highest BCUT2D eigenvalue weighted by Crippen LogP contribution is 2.19. The molecule has 1 saturated heterocycles. The molecule has 1 fully saturated rings. The van der Waals surface area contributed by atoms with Crippen molar-refractivity contribution >= 4 is 29.9 Å². The Kier molecular flexibility index (Phi) is 5.08. The van der Waals surface area contributed by atoms with Crippen LogP contribution in [0.2, 0.25) is 5.02 Å². The van der Waals surface area contributed by atoms with Gasteiger partial charge in [0.1, 0.15) is 5.69 Å². The molecule has 2 heterocycles. The van der Waals surface area contributed by atoms with Crippen LogP contribution in [-0.4, -0.2) is 29.1 Å². The molecule has 6 heteroatoms. The third-order valence-corrected chi connectivity index (χ3v) is 3.53. The number of rotatable bonds is 2. The number of piperidine rings is 1. The topological polar surface area (TPSA) is 46.1 Å². The van der Waals surface area contributed by atoms with Gasteiger partial charge < -0.3 is 15.2 Å². The fourth-order valence-corrected chi connectivity index (χ4v) is 2.44. The van der Waals surface area contributed by atoms with Gasteiger partial charge in [-0.25, -0.2) is 0 Å². The molecule has 2 N–H and O–H groups in total. The van der Waals surface area contributed by atoms with E-state index in [2.05, 4.69) is 17.6 Å². The Morgan fingerprint density at radius 1 is 1.50 bits per heavy atom. The van der Waals surface area contributed by atoms with Gasteiger partial charge in [-0.1, -0.05) is 11.6 Å². The van der Waals surface area contributed by atoms with Crippen LogP contribution in [-0.2, 0) is 7.05 Å². The molecule has 4 nitrogen and oxygen atoms in total. The normalized spacial score (nSPS) is 17.9. The van der Waals surface area contributed by atoms with Crippen LogP contribution >= 0.6 is 24.0 Å². The van der Waals surface area contributed by atoms with Crippen molar-refractivity contribution < 1.29 is 4.79 Å². The lowest BCUT2D eigenvalue weighted by Crippen LogP contribution is -2.52. The maximum atomic E-state index is 12.1. The number of nitrogens with zero attached hydrogens (tertiary/aromatic N) is 1. The Morgan fingerprint density at radius 3 is 2.61 bits per heavy atom. The maximum absolute atomic E-state index is 12.1. The third-order valence-electron chi connectivity index (χ3n) is 3.33. The number of halogens is 2. The molecule has 0 aliphatic carbocycles. The largest absolute Gasteiger partial charge is 0.346 e. The summed E-state index contributed by atoms with van der Waals surface area (Å²) >= 11 is 5.88. The van der Waals surface area contributed by atoms with Crippen molar-refractivity contribution in [1.82, 2.24) is 15.2 Å². The van der Waals surface area contributed by atoms with Crippen LogP contribution in [0.4, 0.5) is 0 Å². The van der Waals surface area contributed by atoms with Crippen LogP contribution in [0.1, 0.15) is 30.3 Å². The second-order valence-electron chi connectivity index (χ2n) is 4.92. The molecule has 1 aliphatic rings. The van der Waals surface area contributed by atoms with Crippen molar-refractivity contribution in [3.8, 4) is 0 Å². The second-order valence-corrected chi connectivity index (χ2v) is 5.36. The first kappa shape index (κ1) is 15.3. The van der Waals surface area contributed by atoms with Gasteiger partial charge in [-0.15, -0.1) is 12.4 Å². The summed E-state index contributed by atoms with van der Waals surface area (Å²) in [5, 5.41) is 6.99. The Balaban J connectivity index is 0.00000162. The third kappa shape index (κ3) is 3.40. The van der Waals surface area contributed by atoms with Crippen LogP contribution in [0.3, 0.4) is 0 Å². The lowest BCUT2D eigenvalue weighted by molar-refractivity contribution is 0.0879. The highest BCUT2D eigenvalue weighted by Gasteiger charge is 2.29. The Labute approximate surface area is 118 Å². The van der Waals surface area contributed by atoms with Gasteiger partial charge in [0, 0.05) is 18.8 Å². The van der Waals surface area contributed by atoms with Gasteiger partial charge in [-0.3, -0.25) is 4.79 Å². The summed E-state index contributed by atoms with van der Waals surface area (Å²) in [5.41, 5.74) is 0.494. The molecule has 0 unspecified atom stereocenters. The van der Waals surface area contributed by atoms with E-state index in [1.54, 1.807) is 16.8 Å². The van der Waals surface area contributed by atoms with Gasteiger partial charge in [-0.05, 0) is 38.9 Å². The number of carbonyl (C=O) groups is 1. The summed E-state index contributed by atoms with van der Waals surface area (Å²) in [5.74, 6) is -0.0520. The number of nitrogens with one attached hydrogen (secondary N) is 2. The second kappa shape index (κ2) is 5.95. The molecule has 2 rings (SSSR count). The van der Waals surface area contributed by atoms with Crippen LogP contribution in [0.5, 0.6) is 0 Å². The first-order valence-corrected chi connectivity index (χ1v) is 6.23. The minimum Gasteiger partial charge on any atom is -0.346 e. The van der Waals surface area contributed by atoms with Gasteiger partial charge in [0.05, 0.1) is 5.02 Å². The summed E-state index contributed by atoms with van der Waals surface area (Å²) < 4.78 is 1.75. The van der Waals surface area contributed by atoms with E-state index in [9.17, 15) is 4.79 Å². The van der Waals surface area contributed by atoms with Crippen molar-refractivity contribution in [2.75, 3.05) is 13.1 Å². The minimum absolute atomic E-state index is 0. The van der Waals surface area contributed by atoms with E-state index >= 15 is 0 Å². The first-order chi connectivity index (χ1) is 8.00. The van der Waals surface area contributed by atoms with Gasteiger partial charge in [-0.2, -0.15) is 0 Å². The summed E-state index contributed by atoms with van der Waals surface area (Å²) in [6.45, 7) is 3.99. The predicted molar refractivity (Wildman–Crippen MR) is 75.6 cm³/mol. The molecular weight excluding hydrogens is 273 g/mol. The summed E-state index contributed by atoms with van der Waals surface area (Å²) in [6, 6.07) is 1.70. The van der Waals surface area contributed by atoms with E-state index in [-0.39, 0.29) is 23.9 Å². The van der Waals surface area contributed by atoms with Crippen molar-refractivity contribution in [2.24, 2.45) is 7.05 Å². The van der Waals surface area contributed by atoms with Crippen molar-refractivity contribution in [3.63, 3.8) is 0 Å². The van der Waals surface area contributed by atoms with Crippen molar-refractivity contribution in [3.05, 3.63) is 23.0 Å². The van der Waals surface area contributed by atoms with Crippen molar-refractivity contribution in [1.29, 1.82) is 0 Å². The maximum Gasteiger partial charge on any atom is 0.268 e. The van der Waals surface area contributed by atoms with E-state index in [4.69, 9.17) is 11.6 Å². The zero-order chi connectivity index (χ0) is 12.5. The molecule has 0 bridgehead atoms. The molecule has 102 valence electrons. The fraction of sp³-hybridized carbons (Fsp3) is 0.583. The highest BCUT2D eigenvalue weighted by molar-refractivity contribution is 6.31. The van der Waals surface area contributed by atoms with Gasteiger partial charge >= 0.3 is 0 Å². The number of aryl methyl sites for hydroxylation is 1. The Hall–Kier alpha value is -0.710. The van der Waals surface area contributed by atoms with Crippen LogP contribution < -0.4 is 10.6 Å². The molecule has 0 saturated carbocycles. The molecule has 0 aromatic carbocycles. The number of hydrogen-bond acceptors (Lipinski definition) is 2. The monoisotopic (exact) mass is 291 g/mol. The van der Waals surface area contributed by atoms with Gasteiger partial charge in [0.15, 0.2) is 0 Å². The zero-order valence-electron chi connectivity index (χ0n) is 10.6. The molecule has 1 amide bonds. The quantitative estimate of drug-likeness (QED) is 0.875. The summed E-state index contributed by atoms with van der Waals surface area (Å²) in [6.07, 6.45) is 3.65. The predicted octanol–water partition coefficient (Wildman–Crippen LogP) is 1.97. The SMILES string of the molecule is Cl.Cn1cc(Cl)cc1C(=O)NC1(C)CCNCC1. The number of hydrogen-bond donors (Lipinski definition) is 2. The fourth-order valence-electron chi connectivity index (χ4n) is 2.19. The molecule has 1 aromatic rings. The average Bonchev–Trinajstić information content (AvgIpc) is 2.58. The van der Waals surface area contributed by atoms with E-state index in [1.165, 1.54) is 0 Å². The average molecular weight is 292 g/mol. The molecule has 1 aromatic heterocycles. The lowest BCUT2D eigenvalue weighted by Gasteiger charge is -2.34. The first-order valence-electron chi connectivity index (χ1n) is 5.85. The smallest absolute Gasteiger partial charge is 0.268 e. The lowest BCUT2D eigenvalue weighted by atomic mass is 9.90. The van der Waals surface area contributed by atoms with E-state index < -0.39 is 0 Å². The summed E-state index contributed by atoms with van der Waals surface area (Å²) in [4.78, 5) is 12.1. The Bertz CT molecular complexity index is 425. The molecule has 0 radical (unpaired) electrons. The Morgan fingerprint density at radius 2 is 2.11 bits per heavy atom. The van der Waals surface area contributed by atoms with Crippen molar-refractivity contribution in [2.45, 2.75) is 25.3 Å². The highest BCUT2D eigenvalue weighted by atomic mass is 35.5. The van der Waals surface area contributed by atoms with E-state index in [0.717, 1.165) is 25.9 Å². The summed E-state index contributed by atoms with van der Waals surface area (Å²) in [7, 11) is 1.82. The molecule has 1 aliphatic heterocycles. The molecule has 18 heavy (non-hydrogen) atoms. The standard InChI is InChI=1S/C12H18ClN3O.ClH/c1-12(3-5-14-6-4-12)15-11(17)10-7-9(13)8-16(10)2;/h7-8,14H,3-6H2,1-2H3,(H,15,17);1H. The van der Waals surface area contributed by atoms with Gasteiger partial charge in [0.2, 0.25) is 0 Å². The zero-order valence-corrected chi connectivity index (χ0v) is 12.2. The molecule has 0 spiro atoms. The number of aromatic nitrogens is 1.